The van der Waals surface area contributed by atoms with Crippen LogP contribution in [0.2, 0.25) is 0 Å². The molecule has 0 aliphatic heterocycles. The van der Waals surface area contributed by atoms with E-state index in [1.807, 2.05) is 6.26 Å². The third kappa shape index (κ3) is 11.1. The molecule has 3 N–H and O–H groups in total. The van der Waals surface area contributed by atoms with Crippen LogP contribution in [0.25, 0.3) is 0 Å². The number of carbonyl (C=O) groups is 3. The standard InChI is InChI=1S/C26H41N3O5S/c1-7-9-10-15-27-23(31)22(19-12-11-13-20(30)18-19)29(16-8-2)24(32)21(14-17-35-6)28-25(33)34-26(3,4)5/h8,11-13,18,21-22,30H,2,7,9-10,14-17H2,1,3-6H3,(H,27,31)(H,28,33). The van der Waals surface area contributed by atoms with Crippen LogP contribution in [0.4, 0.5) is 4.79 Å². The van der Waals surface area contributed by atoms with Crippen molar-refractivity contribution in [1.29, 1.82) is 0 Å². The van der Waals surface area contributed by atoms with Gasteiger partial charge in [0.05, 0.1) is 0 Å². The largest absolute Gasteiger partial charge is 0.508 e. The molecule has 3 amide bonds. The Bertz CT molecular complexity index is 841. The minimum Gasteiger partial charge on any atom is -0.508 e. The summed E-state index contributed by atoms with van der Waals surface area (Å²) in [7, 11) is 0. The fourth-order valence-corrected chi connectivity index (χ4v) is 3.93. The molecule has 0 heterocycles. The number of phenolic OH excluding ortho intramolecular Hbond substituents is 1. The summed E-state index contributed by atoms with van der Waals surface area (Å²) in [5.74, 6) is -0.179. The van der Waals surface area contributed by atoms with E-state index in [1.54, 1.807) is 44.7 Å². The van der Waals surface area contributed by atoms with Crippen LogP contribution in [-0.2, 0) is 14.3 Å². The van der Waals surface area contributed by atoms with E-state index in [2.05, 4.69) is 24.1 Å². The topological polar surface area (TPSA) is 108 Å². The Balaban J connectivity index is 3.32. The fourth-order valence-electron chi connectivity index (χ4n) is 3.46. The van der Waals surface area contributed by atoms with Crippen molar-refractivity contribution in [3.8, 4) is 5.75 Å². The van der Waals surface area contributed by atoms with Crippen molar-refractivity contribution in [3.05, 3.63) is 42.5 Å². The third-order valence-electron chi connectivity index (χ3n) is 5.03. The van der Waals surface area contributed by atoms with E-state index < -0.39 is 29.7 Å². The quantitative estimate of drug-likeness (QED) is 0.254. The van der Waals surface area contributed by atoms with Crippen LogP contribution >= 0.6 is 11.8 Å². The Morgan fingerprint density at radius 1 is 1.26 bits per heavy atom. The van der Waals surface area contributed by atoms with Crippen LogP contribution < -0.4 is 10.6 Å². The first kappa shape index (κ1) is 30.4. The first-order chi connectivity index (χ1) is 16.5. The zero-order valence-electron chi connectivity index (χ0n) is 21.6. The molecule has 0 saturated heterocycles. The lowest BCUT2D eigenvalue weighted by Crippen LogP contribution is -2.53. The van der Waals surface area contributed by atoms with E-state index in [9.17, 15) is 19.5 Å². The molecule has 196 valence electrons. The highest BCUT2D eigenvalue weighted by molar-refractivity contribution is 7.98. The highest BCUT2D eigenvalue weighted by Gasteiger charge is 2.35. The number of amides is 3. The Hall–Kier alpha value is -2.68. The molecule has 2 unspecified atom stereocenters. The molecule has 9 heteroatoms. The number of thioether (sulfide) groups is 1. The van der Waals surface area contributed by atoms with Crippen molar-refractivity contribution in [2.24, 2.45) is 0 Å². The highest BCUT2D eigenvalue weighted by atomic mass is 32.2. The minimum atomic E-state index is -1.01. The van der Waals surface area contributed by atoms with Crippen molar-refractivity contribution in [2.75, 3.05) is 25.1 Å². The summed E-state index contributed by atoms with van der Waals surface area (Å²) < 4.78 is 5.36. The van der Waals surface area contributed by atoms with Gasteiger partial charge >= 0.3 is 6.09 Å². The van der Waals surface area contributed by atoms with Crippen LogP contribution in [0.3, 0.4) is 0 Å². The summed E-state index contributed by atoms with van der Waals surface area (Å²) in [5, 5.41) is 15.7. The summed E-state index contributed by atoms with van der Waals surface area (Å²) in [5.41, 5.74) is -0.255. The van der Waals surface area contributed by atoms with Crippen LogP contribution in [0, 0.1) is 0 Å². The minimum absolute atomic E-state index is 0.0110. The van der Waals surface area contributed by atoms with Gasteiger partial charge in [0.1, 0.15) is 23.4 Å². The number of benzene rings is 1. The van der Waals surface area contributed by atoms with Gasteiger partial charge in [0, 0.05) is 13.1 Å². The van der Waals surface area contributed by atoms with Crippen LogP contribution in [0.15, 0.2) is 36.9 Å². The number of unbranched alkanes of at least 4 members (excludes halogenated alkanes) is 2. The Morgan fingerprint density at radius 3 is 2.54 bits per heavy atom. The Kier molecular flexibility index (Phi) is 13.3. The zero-order chi connectivity index (χ0) is 26.4. The van der Waals surface area contributed by atoms with Gasteiger partial charge in [0.15, 0.2) is 0 Å². The van der Waals surface area contributed by atoms with Gasteiger partial charge in [-0.25, -0.2) is 4.79 Å². The van der Waals surface area contributed by atoms with E-state index in [0.29, 0.717) is 24.3 Å². The van der Waals surface area contributed by atoms with Gasteiger partial charge in [-0.2, -0.15) is 11.8 Å². The summed E-state index contributed by atoms with van der Waals surface area (Å²) in [6.07, 6.45) is 5.92. The van der Waals surface area contributed by atoms with Gasteiger partial charge in [-0.05, 0) is 63.3 Å². The zero-order valence-corrected chi connectivity index (χ0v) is 22.5. The number of nitrogens with zero attached hydrogens (tertiary/aromatic N) is 1. The average Bonchev–Trinajstić information content (AvgIpc) is 2.77. The lowest BCUT2D eigenvalue weighted by atomic mass is 10.0. The molecule has 1 rings (SSSR count). The van der Waals surface area contributed by atoms with Crippen molar-refractivity contribution in [1.82, 2.24) is 15.5 Å². The van der Waals surface area contributed by atoms with E-state index in [1.165, 1.54) is 23.1 Å². The van der Waals surface area contributed by atoms with Crippen LogP contribution in [-0.4, -0.2) is 64.7 Å². The number of aromatic hydroxyl groups is 1. The Labute approximate surface area is 213 Å². The molecule has 0 saturated carbocycles. The smallest absolute Gasteiger partial charge is 0.408 e. The molecule has 0 fully saturated rings. The molecule has 0 radical (unpaired) electrons. The second kappa shape index (κ2) is 15.3. The monoisotopic (exact) mass is 507 g/mol. The number of alkyl carbamates (subject to hydrolysis) is 1. The lowest BCUT2D eigenvalue weighted by Gasteiger charge is -2.34. The van der Waals surface area contributed by atoms with Crippen LogP contribution in [0.1, 0.15) is 65.0 Å². The number of hydrogen-bond donors (Lipinski definition) is 3. The molecular formula is C26H41N3O5S. The summed E-state index contributed by atoms with van der Waals surface area (Å²) in [6, 6.07) is 4.39. The summed E-state index contributed by atoms with van der Waals surface area (Å²) in [4.78, 5) is 41.0. The second-order valence-electron chi connectivity index (χ2n) is 9.26. The second-order valence-corrected chi connectivity index (χ2v) is 10.2. The highest BCUT2D eigenvalue weighted by Crippen LogP contribution is 2.26. The molecule has 2 atom stereocenters. The number of hydrogen-bond acceptors (Lipinski definition) is 6. The number of carbonyl (C=O) groups excluding carboxylic acids is 3. The van der Waals surface area contributed by atoms with Crippen molar-refractivity contribution in [3.63, 3.8) is 0 Å². The predicted molar refractivity (Wildman–Crippen MR) is 141 cm³/mol. The van der Waals surface area contributed by atoms with Gasteiger partial charge in [0.2, 0.25) is 11.8 Å². The lowest BCUT2D eigenvalue weighted by molar-refractivity contribution is -0.141. The SMILES string of the molecule is C=CCN(C(=O)C(CCSC)NC(=O)OC(C)(C)C)C(C(=O)NCCCCC)c1cccc(O)c1. The first-order valence-electron chi connectivity index (χ1n) is 12.0. The first-order valence-corrected chi connectivity index (χ1v) is 13.4. The maximum atomic E-state index is 13.8. The van der Waals surface area contributed by atoms with E-state index in [0.717, 1.165) is 19.3 Å². The number of rotatable bonds is 14. The third-order valence-corrected chi connectivity index (χ3v) is 5.68. The molecule has 0 aliphatic carbocycles. The van der Waals surface area contributed by atoms with Gasteiger partial charge in [-0.1, -0.05) is 38.0 Å². The number of nitrogens with one attached hydrogen (secondary N) is 2. The maximum Gasteiger partial charge on any atom is 0.408 e. The Morgan fingerprint density at radius 2 is 1.97 bits per heavy atom. The van der Waals surface area contributed by atoms with Crippen molar-refractivity contribution in [2.45, 2.75) is 71.1 Å². The summed E-state index contributed by atoms with van der Waals surface area (Å²) in [6.45, 7) is 11.6. The van der Waals surface area contributed by atoms with Gasteiger partial charge < -0.3 is 25.4 Å². The molecule has 0 spiro atoms. The van der Waals surface area contributed by atoms with E-state index in [4.69, 9.17) is 4.74 Å². The predicted octanol–water partition coefficient (Wildman–Crippen LogP) is 4.40. The molecule has 35 heavy (non-hydrogen) atoms. The van der Waals surface area contributed by atoms with E-state index >= 15 is 0 Å². The molecule has 0 bridgehead atoms. The molecule has 8 nitrogen and oxygen atoms in total. The fraction of sp³-hybridized carbons (Fsp3) is 0.577. The van der Waals surface area contributed by atoms with E-state index in [-0.39, 0.29) is 18.2 Å². The van der Waals surface area contributed by atoms with Gasteiger partial charge in [-0.15, -0.1) is 6.58 Å². The number of ether oxygens (including phenoxy) is 1. The average molecular weight is 508 g/mol. The van der Waals surface area contributed by atoms with Gasteiger partial charge in [0.25, 0.3) is 0 Å². The maximum absolute atomic E-state index is 13.8. The van der Waals surface area contributed by atoms with Crippen molar-refractivity contribution >= 4 is 29.7 Å². The molecular weight excluding hydrogens is 466 g/mol. The van der Waals surface area contributed by atoms with Gasteiger partial charge in [-0.3, -0.25) is 9.59 Å². The molecule has 1 aromatic carbocycles. The van der Waals surface area contributed by atoms with Crippen LogP contribution in [0.5, 0.6) is 5.75 Å². The van der Waals surface area contributed by atoms with Crippen molar-refractivity contribution < 1.29 is 24.2 Å². The molecule has 0 aliphatic rings. The number of phenols is 1. The molecule has 0 aromatic heterocycles. The normalized spacial score (nSPS) is 12.8. The summed E-state index contributed by atoms with van der Waals surface area (Å²) >= 11 is 1.55. The molecule has 1 aromatic rings.